The Morgan fingerprint density at radius 2 is 1.78 bits per heavy atom. The van der Waals surface area contributed by atoms with E-state index in [-0.39, 0.29) is 6.10 Å². The minimum absolute atomic E-state index is 0.165. The molecule has 3 aromatic carbocycles. The normalized spacial score (nSPS) is 14.7. The van der Waals surface area contributed by atoms with Crippen molar-refractivity contribution in [3.63, 3.8) is 0 Å². The number of thiazole rings is 1. The van der Waals surface area contributed by atoms with Crippen LogP contribution in [0, 0.1) is 6.92 Å². The molecule has 1 aliphatic rings. The molecule has 6 heteroatoms. The van der Waals surface area contributed by atoms with Gasteiger partial charge in [0.15, 0.2) is 0 Å². The molecule has 2 N–H and O–H groups in total. The number of anilines is 1. The quantitative estimate of drug-likeness (QED) is 0.348. The second-order valence-electron chi connectivity index (χ2n) is 7.55. The van der Waals surface area contributed by atoms with Crippen molar-refractivity contribution in [2.75, 3.05) is 12.5 Å². The van der Waals surface area contributed by atoms with E-state index in [0.29, 0.717) is 0 Å². The monoisotopic (exact) mass is 441 g/mol. The van der Waals surface area contributed by atoms with Crippen LogP contribution in [0.4, 0.5) is 5.13 Å². The summed E-state index contributed by atoms with van der Waals surface area (Å²) >= 11 is 1.55. The highest BCUT2D eigenvalue weighted by atomic mass is 32.1. The summed E-state index contributed by atoms with van der Waals surface area (Å²) < 4.78 is 11.5. The zero-order valence-electron chi connectivity index (χ0n) is 17.8. The predicted molar refractivity (Wildman–Crippen MR) is 130 cm³/mol. The van der Waals surface area contributed by atoms with Crippen LogP contribution in [0.1, 0.15) is 22.8 Å². The van der Waals surface area contributed by atoms with E-state index in [4.69, 9.17) is 14.5 Å². The van der Waals surface area contributed by atoms with Crippen molar-refractivity contribution in [2.45, 2.75) is 13.0 Å². The standard InChI is InChI=1S/C26H23N3O2S/c1-17-8-13-24-21(14-17)22(15-25(31-24)19-6-4-3-5-7-19)28-29-26-27-23(16-32-26)18-9-11-20(30-2)12-10-18/h3-16,25,28H,1-2H3,(H,27,29)/t25-/m1/s1. The predicted octanol–water partition coefficient (Wildman–Crippen LogP) is 6.22. The summed E-state index contributed by atoms with van der Waals surface area (Å²) in [4.78, 5) is 4.72. The summed E-state index contributed by atoms with van der Waals surface area (Å²) in [6.45, 7) is 2.08. The summed E-state index contributed by atoms with van der Waals surface area (Å²) in [5, 5.41) is 2.82. The van der Waals surface area contributed by atoms with Crippen LogP contribution in [0.3, 0.4) is 0 Å². The number of methoxy groups -OCH3 is 1. The van der Waals surface area contributed by atoms with Gasteiger partial charge in [0.2, 0.25) is 5.13 Å². The molecular weight excluding hydrogens is 418 g/mol. The molecule has 0 saturated carbocycles. The molecule has 1 aromatic heterocycles. The van der Waals surface area contributed by atoms with Crippen molar-refractivity contribution in [2.24, 2.45) is 0 Å². The molecule has 1 atom stereocenters. The van der Waals surface area contributed by atoms with Crippen LogP contribution in [0.5, 0.6) is 11.5 Å². The van der Waals surface area contributed by atoms with E-state index in [2.05, 4.69) is 48.1 Å². The second kappa shape index (κ2) is 8.77. The molecule has 0 saturated heterocycles. The Hall–Kier alpha value is -3.77. The van der Waals surface area contributed by atoms with Crippen LogP contribution >= 0.6 is 11.3 Å². The van der Waals surface area contributed by atoms with Gasteiger partial charge >= 0.3 is 0 Å². The van der Waals surface area contributed by atoms with Gasteiger partial charge in [-0.05, 0) is 55.0 Å². The van der Waals surface area contributed by atoms with E-state index in [9.17, 15) is 0 Å². The van der Waals surface area contributed by atoms with Crippen molar-refractivity contribution >= 4 is 22.2 Å². The number of rotatable bonds is 6. The molecule has 0 amide bonds. The lowest BCUT2D eigenvalue weighted by atomic mass is 10.0. The van der Waals surface area contributed by atoms with Crippen molar-refractivity contribution < 1.29 is 9.47 Å². The van der Waals surface area contributed by atoms with E-state index in [1.54, 1.807) is 18.4 Å². The van der Waals surface area contributed by atoms with Crippen molar-refractivity contribution in [3.8, 4) is 22.8 Å². The molecule has 0 radical (unpaired) electrons. The SMILES string of the molecule is COc1ccc(-c2csc(NNC3=C[C@H](c4ccccc4)Oc4ccc(C)cc43)n2)cc1. The van der Waals surface area contributed by atoms with Gasteiger partial charge in [0.1, 0.15) is 17.6 Å². The van der Waals surface area contributed by atoms with Gasteiger partial charge < -0.3 is 9.47 Å². The first kappa shape index (κ1) is 20.2. The number of hydrazine groups is 1. The Balaban J connectivity index is 1.38. The third-order valence-electron chi connectivity index (χ3n) is 5.32. The molecule has 5 rings (SSSR count). The summed E-state index contributed by atoms with van der Waals surface area (Å²) in [6, 6.07) is 24.3. The number of aromatic nitrogens is 1. The van der Waals surface area contributed by atoms with E-state index < -0.39 is 0 Å². The minimum atomic E-state index is -0.165. The van der Waals surface area contributed by atoms with E-state index in [1.165, 1.54) is 5.56 Å². The van der Waals surface area contributed by atoms with Crippen LogP contribution in [0.25, 0.3) is 17.0 Å². The first-order valence-corrected chi connectivity index (χ1v) is 11.2. The zero-order chi connectivity index (χ0) is 21.9. The fourth-order valence-corrected chi connectivity index (χ4v) is 4.30. The molecule has 0 bridgehead atoms. The van der Waals surface area contributed by atoms with Gasteiger partial charge in [0.25, 0.3) is 0 Å². The number of hydrogen-bond acceptors (Lipinski definition) is 6. The Morgan fingerprint density at radius 1 is 0.969 bits per heavy atom. The Morgan fingerprint density at radius 3 is 2.56 bits per heavy atom. The van der Waals surface area contributed by atoms with E-state index in [1.807, 2.05) is 53.9 Å². The third-order valence-corrected chi connectivity index (χ3v) is 6.08. The fraction of sp³-hybridized carbons (Fsp3) is 0.115. The van der Waals surface area contributed by atoms with Gasteiger partial charge in [-0.2, -0.15) is 0 Å². The number of aryl methyl sites for hydroxylation is 1. The molecule has 0 aliphatic carbocycles. The molecular formula is C26H23N3O2S. The molecule has 4 aromatic rings. The van der Waals surface area contributed by atoms with Crippen LogP contribution in [-0.2, 0) is 0 Å². The molecule has 160 valence electrons. The highest BCUT2D eigenvalue weighted by Gasteiger charge is 2.22. The van der Waals surface area contributed by atoms with Crippen LogP contribution < -0.4 is 20.3 Å². The zero-order valence-corrected chi connectivity index (χ0v) is 18.6. The molecule has 32 heavy (non-hydrogen) atoms. The molecule has 0 spiro atoms. The van der Waals surface area contributed by atoms with Gasteiger partial charge in [-0.15, -0.1) is 11.3 Å². The fourth-order valence-electron chi connectivity index (χ4n) is 3.63. The van der Waals surface area contributed by atoms with Gasteiger partial charge in [-0.3, -0.25) is 10.9 Å². The largest absolute Gasteiger partial charge is 0.497 e. The number of nitrogens with zero attached hydrogens (tertiary/aromatic N) is 1. The highest BCUT2D eigenvalue weighted by Crippen LogP contribution is 2.37. The Labute approximate surface area is 191 Å². The third kappa shape index (κ3) is 4.18. The number of benzene rings is 3. The molecule has 2 heterocycles. The van der Waals surface area contributed by atoms with Gasteiger partial charge in [0, 0.05) is 16.5 Å². The van der Waals surface area contributed by atoms with Crippen molar-refractivity contribution in [1.82, 2.24) is 10.4 Å². The van der Waals surface area contributed by atoms with E-state index in [0.717, 1.165) is 44.7 Å². The summed E-state index contributed by atoms with van der Waals surface area (Å²) in [7, 11) is 1.67. The summed E-state index contributed by atoms with van der Waals surface area (Å²) in [5.41, 5.74) is 12.9. The molecule has 0 unspecified atom stereocenters. The maximum atomic E-state index is 6.27. The first-order chi connectivity index (χ1) is 15.7. The minimum Gasteiger partial charge on any atom is -0.497 e. The Kier molecular flexibility index (Phi) is 5.52. The lowest BCUT2D eigenvalue weighted by Gasteiger charge is -2.27. The summed E-state index contributed by atoms with van der Waals surface area (Å²) in [6.07, 6.45) is 1.93. The van der Waals surface area contributed by atoms with Crippen molar-refractivity contribution in [1.29, 1.82) is 0 Å². The molecule has 0 fully saturated rings. The number of hydrogen-bond donors (Lipinski definition) is 2. The van der Waals surface area contributed by atoms with Crippen LogP contribution in [-0.4, -0.2) is 12.1 Å². The van der Waals surface area contributed by atoms with Crippen molar-refractivity contribution in [3.05, 3.63) is 101 Å². The van der Waals surface area contributed by atoms with Gasteiger partial charge in [0.05, 0.1) is 18.5 Å². The second-order valence-corrected chi connectivity index (χ2v) is 8.40. The smallest absolute Gasteiger partial charge is 0.202 e. The summed E-state index contributed by atoms with van der Waals surface area (Å²) in [5.74, 6) is 1.69. The number of fused-ring (bicyclic) bond motifs is 1. The van der Waals surface area contributed by atoms with Crippen LogP contribution in [0.15, 0.2) is 84.3 Å². The van der Waals surface area contributed by atoms with Crippen LogP contribution in [0.2, 0.25) is 0 Å². The lowest BCUT2D eigenvalue weighted by Crippen LogP contribution is -2.24. The maximum absolute atomic E-state index is 6.27. The average Bonchev–Trinajstić information content (AvgIpc) is 3.32. The average molecular weight is 442 g/mol. The highest BCUT2D eigenvalue weighted by molar-refractivity contribution is 7.14. The number of nitrogens with one attached hydrogen (secondary N) is 2. The number of ether oxygens (including phenoxy) is 2. The Bertz CT molecular complexity index is 1250. The molecule has 5 nitrogen and oxygen atoms in total. The first-order valence-electron chi connectivity index (χ1n) is 10.4. The van der Waals surface area contributed by atoms with Gasteiger partial charge in [-0.1, -0.05) is 42.0 Å². The van der Waals surface area contributed by atoms with E-state index >= 15 is 0 Å². The molecule has 1 aliphatic heterocycles. The lowest BCUT2D eigenvalue weighted by molar-refractivity contribution is 0.250. The van der Waals surface area contributed by atoms with Gasteiger partial charge in [-0.25, -0.2) is 4.98 Å². The maximum Gasteiger partial charge on any atom is 0.202 e. The topological polar surface area (TPSA) is 55.4 Å².